The van der Waals surface area contributed by atoms with E-state index < -0.39 is 5.41 Å². The van der Waals surface area contributed by atoms with Crippen LogP contribution in [0.25, 0.3) is 0 Å². The van der Waals surface area contributed by atoms with E-state index in [1.165, 1.54) is 6.07 Å². The molecule has 104 valence electrons. The lowest BCUT2D eigenvalue weighted by Gasteiger charge is -2.24. The standard InChI is InChI=1S/C17H9BrN4/c18-15-7-14(11(8-19)6-12(15)9-20)17(10-21)4-3-16-13(17)2-1-5-22-16/h1-2,5-7H,3-4H2. The average Bonchev–Trinajstić information content (AvgIpc) is 2.94. The van der Waals surface area contributed by atoms with Crippen LogP contribution in [0, 0.1) is 34.0 Å². The number of hydrogen-bond donors (Lipinski definition) is 0. The summed E-state index contributed by atoms with van der Waals surface area (Å²) in [5.41, 5.74) is 2.25. The number of hydrogen-bond acceptors (Lipinski definition) is 4. The molecule has 4 nitrogen and oxygen atoms in total. The molecule has 1 atom stereocenters. The Morgan fingerprint density at radius 2 is 1.86 bits per heavy atom. The van der Waals surface area contributed by atoms with Gasteiger partial charge >= 0.3 is 0 Å². The molecule has 1 aromatic heterocycles. The van der Waals surface area contributed by atoms with Crippen molar-refractivity contribution in [2.45, 2.75) is 18.3 Å². The molecule has 1 aliphatic carbocycles. The predicted octanol–water partition coefficient (Wildman–Crippen LogP) is 3.34. The number of nitriles is 3. The maximum absolute atomic E-state index is 9.89. The Balaban J connectivity index is 2.32. The molecule has 1 unspecified atom stereocenters. The van der Waals surface area contributed by atoms with Gasteiger partial charge < -0.3 is 0 Å². The minimum Gasteiger partial charge on any atom is -0.261 e. The smallest absolute Gasteiger partial charge is 0.111 e. The zero-order valence-corrected chi connectivity index (χ0v) is 13.1. The van der Waals surface area contributed by atoms with Crippen LogP contribution in [0.3, 0.4) is 0 Å². The summed E-state index contributed by atoms with van der Waals surface area (Å²) in [5, 5.41) is 28.4. The van der Waals surface area contributed by atoms with Crippen LogP contribution < -0.4 is 0 Å². The first-order valence-corrected chi connectivity index (χ1v) is 7.45. The molecule has 0 saturated carbocycles. The molecule has 0 aliphatic heterocycles. The monoisotopic (exact) mass is 348 g/mol. The van der Waals surface area contributed by atoms with E-state index in [-0.39, 0.29) is 0 Å². The van der Waals surface area contributed by atoms with Crippen molar-refractivity contribution in [3.63, 3.8) is 0 Å². The molecule has 0 saturated heterocycles. The molecule has 5 heteroatoms. The lowest BCUT2D eigenvalue weighted by atomic mass is 9.75. The normalized spacial score (nSPS) is 18.8. The summed E-state index contributed by atoms with van der Waals surface area (Å²) < 4.78 is 0.593. The van der Waals surface area contributed by atoms with E-state index in [9.17, 15) is 10.5 Å². The third-order valence-electron chi connectivity index (χ3n) is 4.09. The Hall–Kier alpha value is -2.68. The zero-order valence-electron chi connectivity index (χ0n) is 11.5. The van der Waals surface area contributed by atoms with Crippen molar-refractivity contribution in [2.75, 3.05) is 0 Å². The summed E-state index contributed by atoms with van der Waals surface area (Å²) in [7, 11) is 0. The maximum atomic E-state index is 9.89. The van der Waals surface area contributed by atoms with Crippen molar-refractivity contribution >= 4 is 15.9 Å². The van der Waals surface area contributed by atoms with Crippen molar-refractivity contribution in [2.24, 2.45) is 0 Å². The Bertz CT molecular complexity index is 898. The van der Waals surface area contributed by atoms with Crippen LogP contribution in [0.2, 0.25) is 0 Å². The summed E-state index contributed by atoms with van der Waals surface area (Å²) in [5.74, 6) is 0. The highest BCUT2D eigenvalue weighted by Crippen LogP contribution is 2.45. The van der Waals surface area contributed by atoms with Crippen LogP contribution in [0.5, 0.6) is 0 Å². The van der Waals surface area contributed by atoms with Crippen molar-refractivity contribution in [3.05, 3.63) is 62.9 Å². The molecule has 1 heterocycles. The zero-order chi connectivity index (χ0) is 15.7. The molecule has 22 heavy (non-hydrogen) atoms. The van der Waals surface area contributed by atoms with Gasteiger partial charge in [0.05, 0.1) is 23.3 Å². The van der Waals surface area contributed by atoms with E-state index in [1.807, 2.05) is 12.1 Å². The summed E-state index contributed by atoms with van der Waals surface area (Å²) in [6, 6.07) is 13.5. The lowest BCUT2D eigenvalue weighted by Crippen LogP contribution is -2.24. The van der Waals surface area contributed by atoms with Crippen LogP contribution in [0.1, 0.15) is 34.4 Å². The SMILES string of the molecule is N#Cc1cc(C#N)c(C2(C#N)CCc3ncccc32)cc1Br. The minimum absolute atomic E-state index is 0.359. The number of pyridine rings is 1. The highest BCUT2D eigenvalue weighted by atomic mass is 79.9. The van der Waals surface area contributed by atoms with Crippen LogP contribution in [0.15, 0.2) is 34.9 Å². The van der Waals surface area contributed by atoms with E-state index in [0.717, 1.165) is 11.3 Å². The van der Waals surface area contributed by atoms with Crippen molar-refractivity contribution < 1.29 is 0 Å². The number of halogens is 1. The number of nitrogens with zero attached hydrogens (tertiary/aromatic N) is 4. The Morgan fingerprint density at radius 3 is 2.55 bits per heavy atom. The number of aromatic nitrogens is 1. The fraction of sp³-hybridized carbons (Fsp3) is 0.176. The second kappa shape index (κ2) is 5.26. The molecular weight excluding hydrogens is 340 g/mol. The highest BCUT2D eigenvalue weighted by Gasteiger charge is 2.43. The molecule has 2 aromatic rings. The third-order valence-corrected chi connectivity index (χ3v) is 4.74. The Kier molecular flexibility index (Phi) is 3.41. The first-order valence-electron chi connectivity index (χ1n) is 6.66. The van der Waals surface area contributed by atoms with Gasteiger partial charge in [-0.25, -0.2) is 0 Å². The predicted molar refractivity (Wildman–Crippen MR) is 82.5 cm³/mol. The molecule has 0 spiro atoms. The van der Waals surface area contributed by atoms with Crippen molar-refractivity contribution in [1.29, 1.82) is 15.8 Å². The minimum atomic E-state index is -0.884. The van der Waals surface area contributed by atoms with E-state index in [4.69, 9.17) is 5.26 Å². The van der Waals surface area contributed by atoms with Gasteiger partial charge in [-0.2, -0.15) is 15.8 Å². The summed E-state index contributed by atoms with van der Waals surface area (Å²) in [6.45, 7) is 0. The molecule has 0 bridgehead atoms. The topological polar surface area (TPSA) is 84.3 Å². The first-order chi connectivity index (χ1) is 10.7. The van der Waals surface area contributed by atoms with Crippen LogP contribution in [0.4, 0.5) is 0 Å². The van der Waals surface area contributed by atoms with Gasteiger partial charge in [0.25, 0.3) is 0 Å². The Labute approximate surface area is 136 Å². The van der Waals surface area contributed by atoms with Gasteiger partial charge in [-0.1, -0.05) is 6.07 Å². The number of benzene rings is 1. The fourth-order valence-corrected chi connectivity index (χ4v) is 3.46. The van der Waals surface area contributed by atoms with E-state index >= 15 is 0 Å². The van der Waals surface area contributed by atoms with Crippen LogP contribution in [-0.2, 0) is 11.8 Å². The molecule has 1 aliphatic rings. The second-order valence-electron chi connectivity index (χ2n) is 5.12. The highest BCUT2D eigenvalue weighted by molar-refractivity contribution is 9.10. The summed E-state index contributed by atoms with van der Waals surface area (Å²) in [6.07, 6.45) is 3.00. The van der Waals surface area contributed by atoms with Crippen LogP contribution >= 0.6 is 15.9 Å². The van der Waals surface area contributed by atoms with Gasteiger partial charge in [-0.05, 0) is 58.1 Å². The maximum Gasteiger partial charge on any atom is 0.111 e. The molecular formula is C17H9BrN4. The van der Waals surface area contributed by atoms with Crippen molar-refractivity contribution in [1.82, 2.24) is 4.98 Å². The second-order valence-corrected chi connectivity index (χ2v) is 5.97. The molecule has 0 N–H and O–H groups in total. The molecule has 3 rings (SSSR count). The van der Waals surface area contributed by atoms with E-state index in [1.54, 1.807) is 18.3 Å². The number of aryl methyl sites for hydroxylation is 1. The summed E-state index contributed by atoms with van der Waals surface area (Å²) in [4.78, 5) is 4.34. The number of rotatable bonds is 1. The third kappa shape index (κ3) is 1.90. The van der Waals surface area contributed by atoms with Gasteiger partial charge in [0.1, 0.15) is 11.5 Å². The van der Waals surface area contributed by atoms with Gasteiger partial charge in [-0.3, -0.25) is 4.98 Å². The Morgan fingerprint density at radius 1 is 1.09 bits per heavy atom. The van der Waals surface area contributed by atoms with E-state index in [0.29, 0.717) is 34.0 Å². The van der Waals surface area contributed by atoms with Crippen molar-refractivity contribution in [3.8, 4) is 18.2 Å². The largest absolute Gasteiger partial charge is 0.261 e. The van der Waals surface area contributed by atoms with Gasteiger partial charge in [-0.15, -0.1) is 0 Å². The van der Waals surface area contributed by atoms with Gasteiger partial charge in [0.2, 0.25) is 0 Å². The molecule has 1 aromatic carbocycles. The lowest BCUT2D eigenvalue weighted by molar-refractivity contribution is 0.646. The van der Waals surface area contributed by atoms with Gasteiger partial charge in [0, 0.05) is 16.4 Å². The fourth-order valence-electron chi connectivity index (χ4n) is 3.03. The van der Waals surface area contributed by atoms with Gasteiger partial charge in [0.15, 0.2) is 0 Å². The average molecular weight is 349 g/mol. The molecule has 0 radical (unpaired) electrons. The number of fused-ring (bicyclic) bond motifs is 1. The molecule has 0 amide bonds. The van der Waals surface area contributed by atoms with E-state index in [2.05, 4.69) is 33.1 Å². The molecule has 0 fully saturated rings. The van der Waals surface area contributed by atoms with Crippen LogP contribution in [-0.4, -0.2) is 4.98 Å². The summed E-state index contributed by atoms with van der Waals surface area (Å²) >= 11 is 3.35. The first kappa shape index (κ1) is 14.3. The quantitative estimate of drug-likeness (QED) is 0.790.